The van der Waals surface area contributed by atoms with E-state index in [1.807, 2.05) is 0 Å². The molecule has 6 nitrogen and oxygen atoms in total. The Bertz CT molecular complexity index is 626. The maximum atomic E-state index is 12.1. The number of hydrogen-bond donors (Lipinski definition) is 0. The van der Waals surface area contributed by atoms with Crippen molar-refractivity contribution >= 4 is 23.5 Å². The van der Waals surface area contributed by atoms with Crippen LogP contribution in [0.25, 0.3) is 0 Å². The van der Waals surface area contributed by atoms with Crippen LogP contribution in [0.4, 0.5) is 5.69 Å². The molecule has 2 aliphatic rings. The molecular formula is C18H22N2O4. The van der Waals surface area contributed by atoms with Crippen LogP contribution in [0.5, 0.6) is 5.75 Å². The van der Waals surface area contributed by atoms with Gasteiger partial charge in [-0.3, -0.25) is 9.59 Å². The van der Waals surface area contributed by atoms with Crippen molar-refractivity contribution in [3.63, 3.8) is 0 Å². The first-order valence-corrected chi connectivity index (χ1v) is 8.52. The minimum Gasteiger partial charge on any atom is -0.425 e. The number of esters is 1. The van der Waals surface area contributed by atoms with E-state index in [-0.39, 0.29) is 18.4 Å². The number of ether oxygens (including phenoxy) is 1. The van der Waals surface area contributed by atoms with Gasteiger partial charge in [-0.05, 0) is 43.5 Å². The van der Waals surface area contributed by atoms with Gasteiger partial charge in [0.05, 0.1) is 0 Å². The third-order valence-corrected chi connectivity index (χ3v) is 4.44. The molecule has 6 heteroatoms. The third kappa shape index (κ3) is 3.93. The quantitative estimate of drug-likeness (QED) is 0.626. The molecule has 1 aromatic carbocycles. The SMILES string of the molecule is O=C(CN1CCCCCC1=O)Oc1ccc(N2CCCC2=O)cc1. The van der Waals surface area contributed by atoms with Crippen LogP contribution in [0.1, 0.15) is 38.5 Å². The first-order valence-electron chi connectivity index (χ1n) is 8.52. The highest BCUT2D eigenvalue weighted by atomic mass is 16.5. The van der Waals surface area contributed by atoms with Crippen molar-refractivity contribution in [1.29, 1.82) is 0 Å². The summed E-state index contributed by atoms with van der Waals surface area (Å²) in [6, 6.07) is 6.93. The minimum atomic E-state index is -0.435. The van der Waals surface area contributed by atoms with Gasteiger partial charge in [0.2, 0.25) is 11.8 Å². The van der Waals surface area contributed by atoms with Crippen molar-refractivity contribution < 1.29 is 19.1 Å². The molecule has 2 heterocycles. The van der Waals surface area contributed by atoms with Gasteiger partial charge in [0, 0.05) is 31.6 Å². The minimum absolute atomic E-state index is 0.00873. The fraction of sp³-hybridized carbons (Fsp3) is 0.500. The lowest BCUT2D eigenvalue weighted by molar-refractivity contribution is -0.142. The monoisotopic (exact) mass is 330 g/mol. The maximum Gasteiger partial charge on any atom is 0.331 e. The molecule has 0 radical (unpaired) electrons. The molecule has 2 aliphatic heterocycles. The molecule has 2 saturated heterocycles. The lowest BCUT2D eigenvalue weighted by Crippen LogP contribution is -2.36. The second-order valence-corrected chi connectivity index (χ2v) is 6.24. The van der Waals surface area contributed by atoms with Crippen LogP contribution in [-0.4, -0.2) is 42.3 Å². The van der Waals surface area contributed by atoms with Crippen molar-refractivity contribution in [2.24, 2.45) is 0 Å². The Labute approximate surface area is 141 Å². The van der Waals surface area contributed by atoms with Crippen LogP contribution in [-0.2, 0) is 14.4 Å². The van der Waals surface area contributed by atoms with Gasteiger partial charge in [-0.25, -0.2) is 4.79 Å². The van der Waals surface area contributed by atoms with Gasteiger partial charge in [0.25, 0.3) is 0 Å². The standard InChI is InChI=1S/C18H22N2O4/c21-16-5-2-1-3-11-19(16)13-18(23)24-15-9-7-14(8-10-15)20-12-4-6-17(20)22/h7-10H,1-6,11-13H2. The summed E-state index contributed by atoms with van der Waals surface area (Å²) in [6.07, 6.45) is 4.80. The molecular weight excluding hydrogens is 308 g/mol. The van der Waals surface area contributed by atoms with Crippen LogP contribution in [0, 0.1) is 0 Å². The normalized spacial score (nSPS) is 18.7. The van der Waals surface area contributed by atoms with E-state index in [0.29, 0.717) is 25.1 Å². The summed E-state index contributed by atoms with van der Waals surface area (Å²) in [5, 5.41) is 0. The van der Waals surface area contributed by atoms with Crippen LogP contribution >= 0.6 is 0 Å². The molecule has 3 rings (SSSR count). The number of anilines is 1. The number of carbonyl (C=O) groups is 3. The number of likely N-dealkylation sites (tertiary alicyclic amines) is 1. The second kappa shape index (κ2) is 7.47. The van der Waals surface area contributed by atoms with Crippen molar-refractivity contribution in [2.45, 2.75) is 38.5 Å². The Hall–Kier alpha value is -2.37. The second-order valence-electron chi connectivity index (χ2n) is 6.24. The zero-order valence-corrected chi connectivity index (χ0v) is 13.7. The van der Waals surface area contributed by atoms with Crippen LogP contribution in [0.15, 0.2) is 24.3 Å². The van der Waals surface area contributed by atoms with E-state index < -0.39 is 5.97 Å². The molecule has 128 valence electrons. The van der Waals surface area contributed by atoms with Gasteiger partial charge < -0.3 is 14.5 Å². The topological polar surface area (TPSA) is 66.9 Å². The summed E-state index contributed by atoms with van der Waals surface area (Å²) in [5.41, 5.74) is 0.819. The van der Waals surface area contributed by atoms with E-state index in [0.717, 1.165) is 37.9 Å². The van der Waals surface area contributed by atoms with E-state index in [2.05, 4.69) is 0 Å². The van der Waals surface area contributed by atoms with Crippen molar-refractivity contribution in [3.05, 3.63) is 24.3 Å². The molecule has 0 saturated carbocycles. The van der Waals surface area contributed by atoms with Crippen LogP contribution in [0.2, 0.25) is 0 Å². The Kier molecular flexibility index (Phi) is 5.13. The smallest absolute Gasteiger partial charge is 0.331 e. The molecule has 1 aromatic rings. The summed E-state index contributed by atoms with van der Waals surface area (Å²) < 4.78 is 5.31. The molecule has 0 bridgehead atoms. The van der Waals surface area contributed by atoms with E-state index >= 15 is 0 Å². The Morgan fingerprint density at radius 1 is 0.917 bits per heavy atom. The highest BCUT2D eigenvalue weighted by Crippen LogP contribution is 2.24. The predicted octanol–water partition coefficient (Wildman–Crippen LogP) is 2.12. The van der Waals surface area contributed by atoms with Gasteiger partial charge in [-0.15, -0.1) is 0 Å². The van der Waals surface area contributed by atoms with Crippen molar-refractivity contribution in [3.8, 4) is 5.75 Å². The molecule has 0 atom stereocenters. The lowest BCUT2D eigenvalue weighted by Gasteiger charge is -2.19. The first kappa shape index (κ1) is 16.5. The Balaban J connectivity index is 1.56. The van der Waals surface area contributed by atoms with Gasteiger partial charge in [0.15, 0.2) is 0 Å². The van der Waals surface area contributed by atoms with Gasteiger partial charge in [-0.1, -0.05) is 6.42 Å². The number of nitrogens with zero attached hydrogens (tertiary/aromatic N) is 2. The average Bonchev–Trinajstić information content (AvgIpc) is 2.89. The predicted molar refractivity (Wildman–Crippen MR) is 88.7 cm³/mol. The fourth-order valence-electron chi connectivity index (χ4n) is 3.14. The first-order chi connectivity index (χ1) is 11.6. The van der Waals surface area contributed by atoms with E-state index in [1.165, 1.54) is 0 Å². The van der Waals surface area contributed by atoms with E-state index in [4.69, 9.17) is 4.74 Å². The molecule has 0 aromatic heterocycles. The number of hydrogen-bond acceptors (Lipinski definition) is 4. The number of amides is 2. The Morgan fingerprint density at radius 2 is 1.67 bits per heavy atom. The summed E-state index contributed by atoms with van der Waals surface area (Å²) >= 11 is 0. The highest BCUT2D eigenvalue weighted by Gasteiger charge is 2.22. The van der Waals surface area contributed by atoms with E-state index in [9.17, 15) is 14.4 Å². The van der Waals surface area contributed by atoms with E-state index in [1.54, 1.807) is 34.1 Å². The summed E-state index contributed by atoms with van der Waals surface area (Å²) in [4.78, 5) is 39.0. The molecule has 0 N–H and O–H groups in total. The average molecular weight is 330 g/mol. The van der Waals surface area contributed by atoms with Gasteiger partial charge >= 0.3 is 5.97 Å². The number of rotatable bonds is 4. The zero-order chi connectivity index (χ0) is 16.9. The van der Waals surface area contributed by atoms with Crippen molar-refractivity contribution in [1.82, 2.24) is 4.90 Å². The molecule has 2 fully saturated rings. The van der Waals surface area contributed by atoms with Crippen LogP contribution in [0.3, 0.4) is 0 Å². The summed E-state index contributed by atoms with van der Waals surface area (Å²) in [5.74, 6) is 0.139. The highest BCUT2D eigenvalue weighted by molar-refractivity contribution is 5.95. The number of carbonyl (C=O) groups excluding carboxylic acids is 3. The molecule has 2 amide bonds. The van der Waals surface area contributed by atoms with Gasteiger partial charge in [0.1, 0.15) is 12.3 Å². The maximum absolute atomic E-state index is 12.1. The van der Waals surface area contributed by atoms with Gasteiger partial charge in [-0.2, -0.15) is 0 Å². The molecule has 0 aliphatic carbocycles. The van der Waals surface area contributed by atoms with Crippen molar-refractivity contribution in [2.75, 3.05) is 24.5 Å². The zero-order valence-electron chi connectivity index (χ0n) is 13.7. The molecule has 0 spiro atoms. The lowest BCUT2D eigenvalue weighted by atomic mass is 10.2. The van der Waals surface area contributed by atoms with Crippen LogP contribution < -0.4 is 9.64 Å². The summed E-state index contributed by atoms with van der Waals surface area (Å²) in [6.45, 7) is 1.34. The largest absolute Gasteiger partial charge is 0.425 e. The summed E-state index contributed by atoms with van der Waals surface area (Å²) in [7, 11) is 0. The number of benzene rings is 1. The molecule has 0 unspecified atom stereocenters. The fourth-order valence-corrected chi connectivity index (χ4v) is 3.14. The third-order valence-electron chi connectivity index (χ3n) is 4.44. The Morgan fingerprint density at radius 3 is 2.38 bits per heavy atom. The molecule has 24 heavy (non-hydrogen) atoms.